The van der Waals surface area contributed by atoms with Gasteiger partial charge in [0.1, 0.15) is 18.3 Å². The van der Waals surface area contributed by atoms with Crippen LogP contribution in [0.4, 0.5) is 0 Å². The number of ether oxygens (including phenoxy) is 1. The van der Waals surface area contributed by atoms with Gasteiger partial charge in [0.05, 0.1) is 0 Å². The van der Waals surface area contributed by atoms with Gasteiger partial charge in [0.2, 0.25) is 0 Å². The third kappa shape index (κ3) is 13.8. The van der Waals surface area contributed by atoms with E-state index in [-0.39, 0.29) is 12.2 Å². The second kappa shape index (κ2) is 9.09. The van der Waals surface area contributed by atoms with Crippen LogP contribution in [-0.4, -0.2) is 28.9 Å². The number of nitriles is 1. The Morgan fingerprint density at radius 2 is 1.88 bits per heavy atom. The Morgan fingerprint density at radius 3 is 2.06 bits per heavy atom. The number of hydrogen-bond donors (Lipinski definition) is 1. The summed E-state index contributed by atoms with van der Waals surface area (Å²) in [7, 11) is 0. The van der Waals surface area contributed by atoms with Gasteiger partial charge in [-0.1, -0.05) is 6.58 Å². The zero-order valence-corrected chi connectivity index (χ0v) is 10.0. The van der Waals surface area contributed by atoms with Crippen molar-refractivity contribution in [1.29, 1.82) is 5.26 Å². The molecule has 0 radical (unpaired) electrons. The van der Waals surface area contributed by atoms with Crippen molar-refractivity contribution in [3.8, 4) is 6.07 Å². The van der Waals surface area contributed by atoms with Gasteiger partial charge in [-0.2, -0.15) is 5.26 Å². The quantitative estimate of drug-likeness (QED) is 0.448. The van der Waals surface area contributed by atoms with Crippen molar-refractivity contribution in [3.05, 3.63) is 12.2 Å². The molecule has 1 atom stereocenters. The van der Waals surface area contributed by atoms with Crippen LogP contribution in [0.5, 0.6) is 0 Å². The van der Waals surface area contributed by atoms with Crippen LogP contribution in [0.2, 0.25) is 0 Å². The van der Waals surface area contributed by atoms with Crippen molar-refractivity contribution in [2.45, 2.75) is 33.3 Å². The van der Waals surface area contributed by atoms with E-state index in [0.29, 0.717) is 5.57 Å². The maximum absolute atomic E-state index is 10.6. The minimum Gasteiger partial charge on any atom is -0.481 e. The first-order valence-corrected chi connectivity index (χ1v) is 4.68. The molecule has 17 heavy (non-hydrogen) atoms. The molecule has 1 N–H and O–H groups in total. The fraction of sp³-hybridized carbons (Fsp3) is 0.455. The Kier molecular flexibility index (Phi) is 9.22. The van der Waals surface area contributed by atoms with E-state index in [1.54, 1.807) is 6.07 Å². The van der Waals surface area contributed by atoms with E-state index in [1.165, 1.54) is 20.8 Å². The fourth-order valence-electron chi connectivity index (χ4n) is 0.500. The van der Waals surface area contributed by atoms with Crippen LogP contribution in [0.15, 0.2) is 12.2 Å². The molecule has 0 aromatic heterocycles. The number of aliphatic carboxylic acids is 1. The molecule has 6 heteroatoms. The van der Waals surface area contributed by atoms with E-state index in [0.717, 1.165) is 0 Å². The van der Waals surface area contributed by atoms with Crippen LogP contribution in [0.25, 0.3) is 0 Å². The summed E-state index contributed by atoms with van der Waals surface area (Å²) >= 11 is 0. The molecule has 0 aliphatic carbocycles. The highest BCUT2D eigenvalue weighted by molar-refractivity contribution is 5.93. The Morgan fingerprint density at radius 1 is 1.41 bits per heavy atom. The number of rotatable bonds is 4. The maximum atomic E-state index is 10.6. The minimum absolute atomic E-state index is 0.307. The fourth-order valence-corrected chi connectivity index (χ4v) is 0.500. The molecular weight excluding hydrogens is 226 g/mol. The molecule has 6 nitrogen and oxygen atoms in total. The van der Waals surface area contributed by atoms with E-state index >= 15 is 0 Å². The standard InChI is InChI=1S/C7H9NO2.C4H6O3/c1-5(2)7(9)10-6(3)4-8;1-3(5)2-4(6)7/h6H,1H2,2-3H3;2H2,1H3,(H,6,7). The molecule has 1 unspecified atom stereocenters. The van der Waals surface area contributed by atoms with Crippen molar-refractivity contribution in [3.63, 3.8) is 0 Å². The van der Waals surface area contributed by atoms with Gasteiger partial charge >= 0.3 is 11.9 Å². The van der Waals surface area contributed by atoms with Crippen LogP contribution in [0, 0.1) is 11.3 Å². The zero-order valence-electron chi connectivity index (χ0n) is 10.0. The Hall–Kier alpha value is -2.16. The Bertz CT molecular complexity index is 341. The average molecular weight is 241 g/mol. The van der Waals surface area contributed by atoms with Crippen LogP contribution in [0.3, 0.4) is 0 Å². The number of carboxylic acids is 1. The first-order valence-electron chi connectivity index (χ1n) is 4.68. The number of ketones is 1. The summed E-state index contributed by atoms with van der Waals surface area (Å²) < 4.78 is 4.56. The molecule has 0 aromatic rings. The van der Waals surface area contributed by atoms with Crippen molar-refractivity contribution in [2.75, 3.05) is 0 Å². The lowest BCUT2D eigenvalue weighted by Crippen LogP contribution is -2.12. The van der Waals surface area contributed by atoms with Gasteiger partial charge in [0.25, 0.3) is 0 Å². The van der Waals surface area contributed by atoms with E-state index in [4.69, 9.17) is 10.4 Å². The van der Waals surface area contributed by atoms with Gasteiger partial charge in [-0.25, -0.2) is 4.79 Å². The van der Waals surface area contributed by atoms with E-state index in [2.05, 4.69) is 11.3 Å². The summed E-state index contributed by atoms with van der Waals surface area (Å²) in [6.45, 7) is 7.64. The number of nitrogens with zero attached hydrogens (tertiary/aromatic N) is 1. The lowest BCUT2D eigenvalue weighted by atomic mass is 10.3. The molecule has 0 rings (SSSR count). The van der Waals surface area contributed by atoms with Crippen LogP contribution in [-0.2, 0) is 19.1 Å². The van der Waals surface area contributed by atoms with Crippen molar-refractivity contribution >= 4 is 17.7 Å². The summed E-state index contributed by atoms with van der Waals surface area (Å²) in [5.74, 6) is -1.89. The number of carbonyl (C=O) groups excluding carboxylic acids is 2. The summed E-state index contributed by atoms with van der Waals surface area (Å²) in [4.78, 5) is 30.1. The molecule has 0 spiro atoms. The van der Waals surface area contributed by atoms with Gasteiger partial charge in [0, 0.05) is 5.57 Å². The van der Waals surface area contributed by atoms with Crippen molar-refractivity contribution in [2.24, 2.45) is 0 Å². The number of carbonyl (C=O) groups is 3. The normalized spacial score (nSPS) is 10.0. The molecule has 0 aliphatic heterocycles. The van der Waals surface area contributed by atoms with Gasteiger partial charge in [0.15, 0.2) is 6.10 Å². The van der Waals surface area contributed by atoms with E-state index < -0.39 is 18.0 Å². The highest BCUT2D eigenvalue weighted by Gasteiger charge is 2.07. The van der Waals surface area contributed by atoms with Crippen LogP contribution in [0.1, 0.15) is 27.2 Å². The highest BCUT2D eigenvalue weighted by Crippen LogP contribution is 1.95. The van der Waals surface area contributed by atoms with Gasteiger partial charge in [-0.3, -0.25) is 9.59 Å². The molecule has 0 heterocycles. The number of hydrogen-bond acceptors (Lipinski definition) is 5. The SMILES string of the molecule is C=C(C)C(=O)OC(C)C#N.CC(=O)CC(=O)O. The summed E-state index contributed by atoms with van der Waals surface area (Å²) in [5.41, 5.74) is 0.307. The largest absolute Gasteiger partial charge is 0.481 e. The molecule has 0 aromatic carbocycles. The second-order valence-corrected chi connectivity index (χ2v) is 3.23. The lowest BCUT2D eigenvalue weighted by Gasteiger charge is -2.03. The summed E-state index contributed by atoms with van der Waals surface area (Å²) in [6, 6.07) is 1.77. The molecule has 0 saturated carbocycles. The van der Waals surface area contributed by atoms with Crippen molar-refractivity contribution < 1.29 is 24.2 Å². The molecular formula is C11H15NO5. The molecule has 94 valence electrons. The average Bonchev–Trinajstić information content (AvgIpc) is 2.15. The van der Waals surface area contributed by atoms with Gasteiger partial charge < -0.3 is 9.84 Å². The van der Waals surface area contributed by atoms with Crippen LogP contribution < -0.4 is 0 Å². The maximum Gasteiger partial charge on any atom is 0.334 e. The lowest BCUT2D eigenvalue weighted by molar-refractivity contribution is -0.141. The highest BCUT2D eigenvalue weighted by atomic mass is 16.5. The predicted molar refractivity (Wildman–Crippen MR) is 58.9 cm³/mol. The first-order chi connectivity index (χ1) is 7.70. The molecule has 0 fully saturated rings. The Balaban J connectivity index is 0. The molecule has 0 amide bonds. The topological polar surface area (TPSA) is 104 Å². The van der Waals surface area contributed by atoms with Crippen LogP contribution >= 0.6 is 0 Å². The van der Waals surface area contributed by atoms with Gasteiger partial charge in [-0.15, -0.1) is 0 Å². The second-order valence-electron chi connectivity index (χ2n) is 3.23. The monoisotopic (exact) mass is 241 g/mol. The smallest absolute Gasteiger partial charge is 0.334 e. The number of carboxylic acid groups (broad SMARTS) is 1. The van der Waals surface area contributed by atoms with Crippen molar-refractivity contribution in [1.82, 2.24) is 0 Å². The van der Waals surface area contributed by atoms with E-state index in [1.807, 2.05) is 0 Å². The minimum atomic E-state index is -1.06. The Labute approximate surface area is 99.5 Å². The van der Waals surface area contributed by atoms with Gasteiger partial charge in [-0.05, 0) is 20.8 Å². The first kappa shape index (κ1) is 17.2. The van der Waals surface area contributed by atoms with E-state index in [9.17, 15) is 14.4 Å². The number of Topliss-reactive ketones (excluding diaryl/α,β-unsaturated/α-hetero) is 1. The molecule has 0 bridgehead atoms. The zero-order chi connectivity index (χ0) is 14.0. The molecule has 0 saturated heterocycles. The third-order valence-corrected chi connectivity index (χ3v) is 1.21. The summed E-state index contributed by atoms with van der Waals surface area (Å²) in [5, 5.41) is 16.1. The predicted octanol–water partition coefficient (Wildman–Crippen LogP) is 1.07. The molecule has 0 aliphatic rings. The number of esters is 1. The summed E-state index contributed by atoms with van der Waals surface area (Å²) in [6.07, 6.45) is -1.05. The third-order valence-electron chi connectivity index (χ3n) is 1.21.